The zero-order valence-corrected chi connectivity index (χ0v) is 15.4. The fraction of sp³-hybridized carbons (Fsp3) is 0.350. The van der Waals surface area contributed by atoms with Gasteiger partial charge < -0.3 is 25.1 Å². The second kappa shape index (κ2) is 9.18. The maximum absolute atomic E-state index is 12.1. The van der Waals surface area contributed by atoms with E-state index in [4.69, 9.17) is 4.42 Å². The zero-order valence-electron chi connectivity index (χ0n) is 15.4. The average molecular weight is 385 g/mol. The van der Waals surface area contributed by atoms with Crippen molar-refractivity contribution in [3.05, 3.63) is 48.4 Å². The number of anilines is 2. The number of aliphatic hydroxyl groups excluding tert-OH is 1. The van der Waals surface area contributed by atoms with Crippen LogP contribution in [0.3, 0.4) is 0 Å². The number of carbonyl (C=O) groups is 3. The first-order valence-corrected chi connectivity index (χ1v) is 9.25. The molecule has 2 aromatic rings. The number of piperidine rings is 1. The Bertz CT molecular complexity index is 834. The Morgan fingerprint density at radius 3 is 2.79 bits per heavy atom. The summed E-state index contributed by atoms with van der Waals surface area (Å²) in [5.41, 5.74) is 1.14. The minimum absolute atomic E-state index is 0.0579. The molecule has 1 aromatic heterocycles. The molecule has 148 valence electrons. The Balaban J connectivity index is 1.50. The summed E-state index contributed by atoms with van der Waals surface area (Å²) in [5, 5.41) is 14.9. The van der Waals surface area contributed by atoms with Crippen LogP contribution >= 0.6 is 0 Å². The van der Waals surface area contributed by atoms with Gasteiger partial charge in [-0.1, -0.05) is 6.07 Å². The van der Waals surface area contributed by atoms with Gasteiger partial charge in [0.15, 0.2) is 0 Å². The van der Waals surface area contributed by atoms with Gasteiger partial charge in [0.05, 0.1) is 6.26 Å². The van der Waals surface area contributed by atoms with Gasteiger partial charge in [-0.3, -0.25) is 14.4 Å². The van der Waals surface area contributed by atoms with E-state index in [0.717, 1.165) is 12.8 Å². The van der Waals surface area contributed by atoms with Crippen LogP contribution in [0.15, 0.2) is 47.1 Å². The van der Waals surface area contributed by atoms with Gasteiger partial charge in [0.1, 0.15) is 11.9 Å². The first kappa shape index (κ1) is 19.6. The van der Waals surface area contributed by atoms with E-state index in [-0.39, 0.29) is 18.9 Å². The van der Waals surface area contributed by atoms with Gasteiger partial charge in [-0.05, 0) is 49.6 Å². The van der Waals surface area contributed by atoms with Crippen LogP contribution < -0.4 is 15.5 Å². The lowest BCUT2D eigenvalue weighted by Gasteiger charge is -2.27. The molecule has 28 heavy (non-hydrogen) atoms. The highest BCUT2D eigenvalue weighted by molar-refractivity contribution is 6.39. The highest BCUT2D eigenvalue weighted by Gasteiger charge is 2.20. The highest BCUT2D eigenvalue weighted by atomic mass is 16.4. The maximum atomic E-state index is 12.1. The van der Waals surface area contributed by atoms with Gasteiger partial charge in [-0.25, -0.2) is 0 Å². The van der Waals surface area contributed by atoms with Crippen molar-refractivity contribution in [3.8, 4) is 0 Å². The molecule has 0 spiro atoms. The SMILES string of the molecule is O=C(NCC[C@@H](O)c1ccco1)C(=O)Nc1cccc(N2CCCCC2=O)c1. The zero-order chi connectivity index (χ0) is 19.9. The van der Waals surface area contributed by atoms with Crippen LogP contribution in [0.5, 0.6) is 0 Å². The smallest absolute Gasteiger partial charge is 0.313 e. The van der Waals surface area contributed by atoms with E-state index in [1.54, 1.807) is 41.3 Å². The molecule has 0 unspecified atom stereocenters. The fourth-order valence-corrected chi connectivity index (χ4v) is 3.04. The molecule has 1 aliphatic rings. The Morgan fingerprint density at radius 2 is 2.04 bits per heavy atom. The minimum Gasteiger partial charge on any atom is -0.467 e. The van der Waals surface area contributed by atoms with Crippen molar-refractivity contribution in [2.75, 3.05) is 23.3 Å². The van der Waals surface area contributed by atoms with Crippen LogP contribution in [-0.4, -0.2) is 35.9 Å². The predicted octanol–water partition coefficient (Wildman–Crippen LogP) is 1.97. The van der Waals surface area contributed by atoms with Crippen LogP contribution in [0.25, 0.3) is 0 Å². The Labute approximate surface area is 162 Å². The van der Waals surface area contributed by atoms with E-state index in [1.165, 1.54) is 6.26 Å². The van der Waals surface area contributed by atoms with Crippen molar-refractivity contribution < 1.29 is 23.9 Å². The van der Waals surface area contributed by atoms with E-state index in [9.17, 15) is 19.5 Å². The summed E-state index contributed by atoms with van der Waals surface area (Å²) in [6.07, 6.45) is 3.17. The topological polar surface area (TPSA) is 112 Å². The van der Waals surface area contributed by atoms with Crippen molar-refractivity contribution in [1.29, 1.82) is 0 Å². The molecule has 8 nitrogen and oxygen atoms in total. The molecular formula is C20H23N3O5. The number of carbonyl (C=O) groups excluding carboxylic acids is 3. The van der Waals surface area contributed by atoms with Gasteiger partial charge >= 0.3 is 11.8 Å². The number of hydrogen-bond donors (Lipinski definition) is 3. The Kier molecular flexibility index (Phi) is 6.44. The summed E-state index contributed by atoms with van der Waals surface area (Å²) < 4.78 is 5.08. The second-order valence-corrected chi connectivity index (χ2v) is 6.58. The molecule has 8 heteroatoms. The molecular weight excluding hydrogens is 362 g/mol. The van der Waals surface area contributed by atoms with E-state index >= 15 is 0 Å². The second-order valence-electron chi connectivity index (χ2n) is 6.58. The molecule has 0 aliphatic carbocycles. The summed E-state index contributed by atoms with van der Waals surface area (Å²) in [6, 6.07) is 10.2. The van der Waals surface area contributed by atoms with E-state index < -0.39 is 17.9 Å². The van der Waals surface area contributed by atoms with Crippen LogP contribution in [0.2, 0.25) is 0 Å². The predicted molar refractivity (Wildman–Crippen MR) is 103 cm³/mol. The first-order chi connectivity index (χ1) is 13.5. The van der Waals surface area contributed by atoms with Crippen molar-refractivity contribution in [3.63, 3.8) is 0 Å². The van der Waals surface area contributed by atoms with E-state index in [0.29, 0.717) is 30.1 Å². The van der Waals surface area contributed by atoms with Crippen molar-refractivity contribution >= 4 is 29.1 Å². The lowest BCUT2D eigenvalue weighted by Crippen LogP contribution is -2.36. The van der Waals surface area contributed by atoms with Gasteiger partial charge in [-0.2, -0.15) is 0 Å². The first-order valence-electron chi connectivity index (χ1n) is 9.25. The largest absolute Gasteiger partial charge is 0.467 e. The molecule has 1 fully saturated rings. The van der Waals surface area contributed by atoms with E-state index in [1.807, 2.05) is 0 Å². The Morgan fingerprint density at radius 1 is 1.18 bits per heavy atom. The number of furan rings is 1. The normalized spacial score (nSPS) is 15.2. The summed E-state index contributed by atoms with van der Waals surface area (Å²) in [6.45, 7) is 0.769. The third-order valence-corrected chi connectivity index (χ3v) is 4.52. The fourth-order valence-electron chi connectivity index (χ4n) is 3.04. The summed E-state index contributed by atoms with van der Waals surface area (Å²) in [4.78, 5) is 37.8. The van der Waals surface area contributed by atoms with Crippen LogP contribution in [-0.2, 0) is 14.4 Å². The minimum atomic E-state index is -0.850. The molecule has 2 heterocycles. The summed E-state index contributed by atoms with van der Waals surface area (Å²) in [5.74, 6) is -1.15. The molecule has 1 aromatic carbocycles. The number of hydrogen-bond acceptors (Lipinski definition) is 5. The summed E-state index contributed by atoms with van der Waals surface area (Å²) in [7, 11) is 0. The number of amides is 3. The third kappa shape index (κ3) is 4.98. The third-order valence-electron chi connectivity index (χ3n) is 4.52. The molecule has 3 amide bonds. The van der Waals surface area contributed by atoms with Gasteiger partial charge in [0.25, 0.3) is 0 Å². The average Bonchev–Trinajstić information content (AvgIpc) is 3.23. The monoisotopic (exact) mass is 385 g/mol. The number of nitrogens with zero attached hydrogens (tertiary/aromatic N) is 1. The van der Waals surface area contributed by atoms with Crippen LogP contribution in [0, 0.1) is 0 Å². The maximum Gasteiger partial charge on any atom is 0.313 e. The molecule has 0 radical (unpaired) electrons. The molecule has 1 aliphatic heterocycles. The molecule has 0 bridgehead atoms. The lowest BCUT2D eigenvalue weighted by molar-refractivity contribution is -0.136. The molecule has 0 saturated carbocycles. The molecule has 1 saturated heterocycles. The standard InChI is InChI=1S/C20H23N3O5/c24-16(17-7-4-12-28-17)9-10-21-19(26)20(27)22-14-5-3-6-15(13-14)23-11-2-1-8-18(23)25/h3-7,12-13,16,24H,1-2,8-11H2,(H,21,26)(H,22,27)/t16-/m1/s1. The van der Waals surface area contributed by atoms with Crippen molar-refractivity contribution in [2.24, 2.45) is 0 Å². The molecule has 3 N–H and O–H groups in total. The number of nitrogens with one attached hydrogen (secondary N) is 2. The van der Waals surface area contributed by atoms with E-state index in [2.05, 4.69) is 10.6 Å². The molecule has 1 atom stereocenters. The number of benzene rings is 1. The number of rotatable bonds is 6. The lowest BCUT2D eigenvalue weighted by atomic mass is 10.1. The van der Waals surface area contributed by atoms with Gasteiger partial charge in [0, 0.05) is 30.9 Å². The van der Waals surface area contributed by atoms with Crippen molar-refractivity contribution in [2.45, 2.75) is 31.8 Å². The highest BCUT2D eigenvalue weighted by Crippen LogP contribution is 2.23. The van der Waals surface area contributed by atoms with Gasteiger partial charge in [0.2, 0.25) is 5.91 Å². The quantitative estimate of drug-likeness (QED) is 0.658. The Hall–Kier alpha value is -3.13. The van der Waals surface area contributed by atoms with Crippen molar-refractivity contribution in [1.82, 2.24) is 5.32 Å². The van der Waals surface area contributed by atoms with Gasteiger partial charge in [-0.15, -0.1) is 0 Å². The van der Waals surface area contributed by atoms with Crippen LogP contribution in [0.4, 0.5) is 11.4 Å². The summed E-state index contributed by atoms with van der Waals surface area (Å²) >= 11 is 0. The van der Waals surface area contributed by atoms with Crippen LogP contribution in [0.1, 0.15) is 37.5 Å². The number of aliphatic hydroxyl groups is 1. The molecule has 3 rings (SSSR count).